The summed E-state index contributed by atoms with van der Waals surface area (Å²) in [6.45, 7) is -0.314. The summed E-state index contributed by atoms with van der Waals surface area (Å²) in [7, 11) is 7.28. The number of halogens is 3. The van der Waals surface area contributed by atoms with E-state index >= 15 is 0 Å². The third-order valence-corrected chi connectivity index (χ3v) is 6.59. The van der Waals surface area contributed by atoms with E-state index < -0.39 is 48.9 Å². The summed E-state index contributed by atoms with van der Waals surface area (Å²) in [5, 5.41) is -0.0227. The number of ketones is 1. The van der Waals surface area contributed by atoms with E-state index in [4.69, 9.17) is 62.1 Å². The van der Waals surface area contributed by atoms with E-state index in [-0.39, 0.29) is 45.0 Å². The van der Waals surface area contributed by atoms with Crippen LogP contribution in [0.5, 0.6) is 5.75 Å². The minimum Gasteiger partial charge on any atom is -0.492 e. The van der Waals surface area contributed by atoms with E-state index in [1.54, 1.807) is 0 Å². The molecule has 1 aromatic carbocycles. The number of carbonyl (C=O) groups is 1. The van der Waals surface area contributed by atoms with E-state index in [9.17, 15) is 9.18 Å². The summed E-state index contributed by atoms with van der Waals surface area (Å²) in [5.74, 6) is -1.55. The lowest BCUT2D eigenvalue weighted by molar-refractivity contribution is -0.310. The monoisotopic (exact) mass is 562 g/mol. The fourth-order valence-corrected chi connectivity index (χ4v) is 4.55. The largest absolute Gasteiger partial charge is 0.492 e. The summed E-state index contributed by atoms with van der Waals surface area (Å²) >= 11 is 12.3. The molecule has 0 saturated carbocycles. The molecular weight excluding hydrogens is 534 g/mol. The Kier molecular flexibility index (Phi) is 10.4. The first-order chi connectivity index (χ1) is 17.7. The molecule has 3 rings (SSSR count). The summed E-state index contributed by atoms with van der Waals surface area (Å²) in [6.07, 6.45) is -3.39. The smallest absolute Gasteiger partial charge is 0.208 e. The third kappa shape index (κ3) is 6.15. The number of Topliss-reactive ketones (excluding diaryl/α,β-unsaturated/α-hetero) is 1. The Balaban J connectivity index is 1.87. The van der Waals surface area contributed by atoms with Gasteiger partial charge in [-0.3, -0.25) is 4.79 Å². The highest BCUT2D eigenvalue weighted by atomic mass is 35.5. The fraction of sp³-hybridized carbons (Fsp3) is 0.500. The van der Waals surface area contributed by atoms with Crippen LogP contribution in [0.15, 0.2) is 18.2 Å². The lowest BCUT2D eigenvalue weighted by atomic mass is 9.98. The number of hydrogen-bond acceptors (Lipinski definition) is 10. The number of ether oxygens (including phenoxy) is 7. The summed E-state index contributed by atoms with van der Waals surface area (Å²) in [5.41, 5.74) is 5.91. The van der Waals surface area contributed by atoms with Crippen LogP contribution in [0, 0.1) is 5.82 Å². The molecule has 0 unspecified atom stereocenters. The number of nitrogens with zero attached hydrogens (tertiary/aromatic N) is 1. The number of rotatable bonds is 11. The predicted molar refractivity (Wildman–Crippen MR) is 134 cm³/mol. The van der Waals surface area contributed by atoms with Crippen molar-refractivity contribution in [2.24, 2.45) is 0 Å². The molecule has 10 nitrogen and oxygen atoms in total. The number of nitrogens with two attached hydrogens (primary N) is 1. The predicted octanol–water partition coefficient (Wildman–Crippen LogP) is 3.40. The van der Waals surface area contributed by atoms with Gasteiger partial charge in [-0.05, 0) is 18.2 Å². The summed E-state index contributed by atoms with van der Waals surface area (Å²) in [4.78, 5) is 17.4. The van der Waals surface area contributed by atoms with Gasteiger partial charge in [-0.25, -0.2) is 9.37 Å². The topological polar surface area (TPSA) is 121 Å². The highest BCUT2D eigenvalue weighted by Crippen LogP contribution is 2.36. The maximum absolute atomic E-state index is 15.0. The van der Waals surface area contributed by atoms with Gasteiger partial charge >= 0.3 is 0 Å². The van der Waals surface area contributed by atoms with Crippen molar-refractivity contribution in [3.63, 3.8) is 0 Å². The molecule has 204 valence electrons. The molecule has 1 saturated heterocycles. The van der Waals surface area contributed by atoms with Crippen molar-refractivity contribution in [3.8, 4) is 17.0 Å². The second-order valence-corrected chi connectivity index (χ2v) is 8.82. The van der Waals surface area contributed by atoms with Crippen molar-refractivity contribution in [1.82, 2.24) is 4.98 Å². The maximum atomic E-state index is 15.0. The Morgan fingerprint density at radius 1 is 1.08 bits per heavy atom. The van der Waals surface area contributed by atoms with E-state index in [1.165, 1.54) is 53.7 Å². The van der Waals surface area contributed by atoms with E-state index in [0.717, 1.165) is 0 Å². The first-order valence-electron chi connectivity index (χ1n) is 11.1. The van der Waals surface area contributed by atoms with E-state index in [2.05, 4.69) is 4.98 Å². The molecule has 0 spiro atoms. The van der Waals surface area contributed by atoms with Crippen LogP contribution in [0.4, 0.5) is 10.1 Å². The molecule has 37 heavy (non-hydrogen) atoms. The SMILES string of the molecule is COC[C@H]1O[C@H](OCC(=O)c2nc(-c3ccc(Cl)c(OC)c3F)cc(N)c2Cl)[C@H](OC)[C@@H](OC)[C@@H]1OC. The van der Waals surface area contributed by atoms with Gasteiger partial charge in [0.15, 0.2) is 17.9 Å². The van der Waals surface area contributed by atoms with Gasteiger partial charge in [-0.15, -0.1) is 0 Å². The third-order valence-electron chi connectivity index (χ3n) is 5.90. The number of nitrogen functional groups attached to an aromatic ring is 1. The second kappa shape index (κ2) is 13.1. The van der Waals surface area contributed by atoms with E-state index in [1.807, 2.05) is 0 Å². The highest BCUT2D eigenvalue weighted by Gasteiger charge is 2.47. The van der Waals surface area contributed by atoms with Gasteiger partial charge in [-0.1, -0.05) is 23.2 Å². The van der Waals surface area contributed by atoms with E-state index in [0.29, 0.717) is 0 Å². The number of anilines is 1. The zero-order valence-electron chi connectivity index (χ0n) is 21.0. The van der Waals surface area contributed by atoms with Crippen LogP contribution >= 0.6 is 23.2 Å². The van der Waals surface area contributed by atoms with Gasteiger partial charge in [0.1, 0.15) is 36.7 Å². The van der Waals surface area contributed by atoms with Gasteiger partial charge in [0.2, 0.25) is 5.78 Å². The first-order valence-corrected chi connectivity index (χ1v) is 11.8. The van der Waals surface area contributed by atoms with Crippen molar-refractivity contribution >= 4 is 34.7 Å². The molecule has 13 heteroatoms. The number of carbonyl (C=O) groups excluding carboxylic acids is 1. The number of methoxy groups -OCH3 is 5. The lowest BCUT2D eigenvalue weighted by Gasteiger charge is -2.44. The number of aromatic nitrogens is 1. The zero-order chi connectivity index (χ0) is 27.3. The molecule has 0 bridgehead atoms. The molecule has 0 amide bonds. The number of hydrogen-bond donors (Lipinski definition) is 1. The number of benzene rings is 1. The van der Waals surface area contributed by atoms with Gasteiger partial charge in [0.05, 0.1) is 35.1 Å². The van der Waals surface area contributed by atoms with Gasteiger partial charge in [0, 0.05) is 34.0 Å². The molecule has 1 aliphatic rings. The van der Waals surface area contributed by atoms with Crippen molar-refractivity contribution in [2.45, 2.75) is 30.7 Å². The van der Waals surface area contributed by atoms with Crippen LogP contribution in [0.25, 0.3) is 11.3 Å². The van der Waals surface area contributed by atoms with Crippen LogP contribution in [-0.2, 0) is 28.4 Å². The second-order valence-electron chi connectivity index (χ2n) is 8.03. The quantitative estimate of drug-likeness (QED) is 0.408. The molecule has 0 aliphatic carbocycles. The molecular formula is C24H29Cl2FN2O8. The maximum Gasteiger partial charge on any atom is 0.208 e. The Morgan fingerprint density at radius 3 is 2.35 bits per heavy atom. The highest BCUT2D eigenvalue weighted by molar-refractivity contribution is 6.36. The Bertz CT molecular complexity index is 1110. The average molecular weight is 563 g/mol. The molecule has 2 aromatic rings. The fourth-order valence-electron chi connectivity index (χ4n) is 4.13. The van der Waals surface area contributed by atoms with Crippen molar-refractivity contribution < 1.29 is 42.3 Å². The van der Waals surface area contributed by atoms with Crippen molar-refractivity contribution in [3.05, 3.63) is 39.8 Å². The molecule has 2 heterocycles. The lowest BCUT2D eigenvalue weighted by Crippen LogP contribution is -2.61. The van der Waals surface area contributed by atoms with Crippen molar-refractivity contribution in [2.75, 3.05) is 54.5 Å². The molecule has 2 N–H and O–H groups in total. The molecule has 1 fully saturated rings. The standard InChI is InChI=1S/C24H29Cl2FN2O8/c1-31-10-16-21(33-3)22(34-4)23(35-5)24(37-16)36-9-15(30)19-17(26)13(28)8-14(29-19)11-6-7-12(25)20(32-2)18(11)27/h6-8,16,21-24H,9-10H2,1-5H3,(H2,28,29)/t16-,21-,22+,23-,24+/m1/s1. The minimum atomic E-state index is -1.01. The molecule has 0 radical (unpaired) electrons. The molecule has 1 aromatic heterocycles. The van der Waals surface area contributed by atoms with Crippen molar-refractivity contribution in [1.29, 1.82) is 0 Å². The molecule has 5 atom stereocenters. The Labute approximate surface area is 224 Å². The zero-order valence-corrected chi connectivity index (χ0v) is 22.5. The summed E-state index contributed by atoms with van der Waals surface area (Å²) < 4.78 is 53.6. The van der Waals surface area contributed by atoms with Gasteiger partial charge in [-0.2, -0.15) is 0 Å². The number of pyridine rings is 1. The van der Waals surface area contributed by atoms with Crippen LogP contribution in [0.2, 0.25) is 10.0 Å². The molecule has 1 aliphatic heterocycles. The Hall–Kier alpha value is -2.09. The normalized spacial score (nSPS) is 23.7. The van der Waals surface area contributed by atoms with Crippen LogP contribution in [0.3, 0.4) is 0 Å². The van der Waals surface area contributed by atoms with Crippen LogP contribution in [0.1, 0.15) is 10.5 Å². The average Bonchev–Trinajstić information content (AvgIpc) is 2.88. The minimum absolute atomic E-state index is 0.0191. The summed E-state index contributed by atoms with van der Waals surface area (Å²) in [6, 6.07) is 4.18. The van der Waals surface area contributed by atoms with Crippen LogP contribution < -0.4 is 10.5 Å². The van der Waals surface area contributed by atoms with Gasteiger partial charge in [0.25, 0.3) is 0 Å². The first kappa shape index (κ1) is 29.5. The Morgan fingerprint density at radius 2 is 1.76 bits per heavy atom. The van der Waals surface area contributed by atoms with Crippen LogP contribution in [-0.4, -0.2) is 90.2 Å². The van der Waals surface area contributed by atoms with Gasteiger partial charge < -0.3 is 38.9 Å².